The van der Waals surface area contributed by atoms with E-state index in [2.05, 4.69) is 4.89 Å². The molecule has 3 nitrogen and oxygen atoms in total. The third-order valence-corrected chi connectivity index (χ3v) is 1.90. The zero-order valence-electron chi connectivity index (χ0n) is 6.25. The van der Waals surface area contributed by atoms with Gasteiger partial charge in [0.2, 0.25) is 0 Å². The van der Waals surface area contributed by atoms with Gasteiger partial charge in [-0.2, -0.15) is 0 Å². The second-order valence-corrected chi connectivity index (χ2v) is 2.72. The Bertz CT molecular complexity index is 88.9. The molecule has 1 N–H and O–H groups in total. The molecule has 1 aliphatic rings. The second-order valence-electron chi connectivity index (χ2n) is 2.72. The highest BCUT2D eigenvalue weighted by Gasteiger charge is 2.20. The molecule has 3 heteroatoms. The zero-order chi connectivity index (χ0) is 7.40. The third-order valence-electron chi connectivity index (χ3n) is 1.90. The van der Waals surface area contributed by atoms with Crippen LogP contribution in [0.2, 0.25) is 0 Å². The van der Waals surface area contributed by atoms with E-state index < -0.39 is 0 Å². The van der Waals surface area contributed by atoms with Gasteiger partial charge < -0.3 is 4.74 Å². The van der Waals surface area contributed by atoms with Crippen molar-refractivity contribution in [1.82, 2.24) is 0 Å². The van der Waals surface area contributed by atoms with Gasteiger partial charge in [-0.05, 0) is 26.2 Å². The molecule has 0 radical (unpaired) electrons. The molecule has 1 rings (SSSR count). The molecule has 60 valence electrons. The van der Waals surface area contributed by atoms with Gasteiger partial charge in [-0.25, -0.2) is 4.89 Å². The minimum atomic E-state index is -0.180. The highest BCUT2D eigenvalue weighted by molar-refractivity contribution is 4.68. The van der Waals surface area contributed by atoms with Crippen molar-refractivity contribution in [2.45, 2.75) is 38.4 Å². The molecule has 2 atom stereocenters. The lowest BCUT2D eigenvalue weighted by molar-refractivity contribution is -0.297. The maximum atomic E-state index is 8.31. The first-order valence-corrected chi connectivity index (χ1v) is 3.76. The largest absolute Gasteiger partial charge is 0.375 e. The van der Waals surface area contributed by atoms with Gasteiger partial charge in [0.15, 0.2) is 0 Å². The molecule has 1 aliphatic heterocycles. The molecule has 0 spiro atoms. The summed E-state index contributed by atoms with van der Waals surface area (Å²) in [6.45, 7) is 2.62. The summed E-state index contributed by atoms with van der Waals surface area (Å²) in [5.74, 6) is 0. The van der Waals surface area contributed by atoms with Crippen LogP contribution in [0.15, 0.2) is 0 Å². The molecule has 0 saturated carbocycles. The van der Waals surface area contributed by atoms with Gasteiger partial charge in [0.05, 0.1) is 6.10 Å². The molecule has 10 heavy (non-hydrogen) atoms. The van der Waals surface area contributed by atoms with Crippen molar-refractivity contribution in [3.8, 4) is 0 Å². The lowest BCUT2D eigenvalue weighted by Crippen LogP contribution is -2.31. The number of ether oxygens (including phenoxy) is 1. The first-order valence-electron chi connectivity index (χ1n) is 3.76. The van der Waals surface area contributed by atoms with Crippen LogP contribution in [-0.2, 0) is 9.62 Å². The van der Waals surface area contributed by atoms with Gasteiger partial charge in [-0.1, -0.05) is 0 Å². The summed E-state index contributed by atoms with van der Waals surface area (Å²) in [5, 5.41) is 8.31. The Kier molecular flexibility index (Phi) is 3.12. The van der Waals surface area contributed by atoms with Crippen molar-refractivity contribution in [3.63, 3.8) is 0 Å². The summed E-state index contributed by atoms with van der Waals surface area (Å²) in [4.78, 5) is 4.16. The van der Waals surface area contributed by atoms with E-state index in [1.54, 1.807) is 0 Å². The zero-order valence-corrected chi connectivity index (χ0v) is 6.25. The first kappa shape index (κ1) is 7.98. The van der Waals surface area contributed by atoms with Crippen molar-refractivity contribution >= 4 is 0 Å². The minimum Gasteiger partial charge on any atom is -0.375 e. The van der Waals surface area contributed by atoms with Crippen LogP contribution in [0.5, 0.6) is 0 Å². The Labute approximate surface area is 60.9 Å². The van der Waals surface area contributed by atoms with E-state index in [0.29, 0.717) is 0 Å². The number of rotatable bonds is 2. The molecule has 0 aromatic carbocycles. The van der Waals surface area contributed by atoms with Crippen molar-refractivity contribution in [2.75, 3.05) is 6.61 Å². The summed E-state index contributed by atoms with van der Waals surface area (Å²) in [5.41, 5.74) is 0. The van der Waals surface area contributed by atoms with Crippen LogP contribution in [-0.4, -0.2) is 24.1 Å². The molecule has 0 aliphatic carbocycles. The van der Waals surface area contributed by atoms with Crippen molar-refractivity contribution in [3.05, 3.63) is 0 Å². The van der Waals surface area contributed by atoms with Gasteiger partial charge >= 0.3 is 0 Å². The lowest BCUT2D eigenvalue weighted by atomic mass is 10.1. The SMILES string of the molecule is CC(OO)C1CCCCO1. The van der Waals surface area contributed by atoms with E-state index in [9.17, 15) is 0 Å². The fourth-order valence-corrected chi connectivity index (χ4v) is 1.20. The van der Waals surface area contributed by atoms with Crippen LogP contribution in [0, 0.1) is 0 Å². The van der Waals surface area contributed by atoms with Crippen molar-refractivity contribution < 1.29 is 14.9 Å². The summed E-state index contributed by atoms with van der Waals surface area (Å²) in [6.07, 6.45) is 3.23. The van der Waals surface area contributed by atoms with Crippen LogP contribution in [0.3, 0.4) is 0 Å². The molecule has 1 heterocycles. The molecule has 2 unspecified atom stereocenters. The average Bonchev–Trinajstić information content (AvgIpc) is 2.05. The highest BCUT2D eigenvalue weighted by Crippen LogP contribution is 2.16. The van der Waals surface area contributed by atoms with E-state index in [1.807, 2.05) is 6.92 Å². The fourth-order valence-electron chi connectivity index (χ4n) is 1.20. The molecule has 0 aromatic rings. The van der Waals surface area contributed by atoms with Gasteiger partial charge in [0.25, 0.3) is 0 Å². The van der Waals surface area contributed by atoms with Crippen LogP contribution < -0.4 is 0 Å². The van der Waals surface area contributed by atoms with E-state index in [4.69, 9.17) is 9.99 Å². The summed E-state index contributed by atoms with van der Waals surface area (Å²) in [7, 11) is 0. The standard InChI is InChI=1S/C7H14O3/c1-6(10-8)7-4-2-3-5-9-7/h6-8H,2-5H2,1H3. The highest BCUT2D eigenvalue weighted by atomic mass is 17.1. The smallest absolute Gasteiger partial charge is 0.116 e. The van der Waals surface area contributed by atoms with Crippen LogP contribution in [0.4, 0.5) is 0 Å². The van der Waals surface area contributed by atoms with Gasteiger partial charge in [0, 0.05) is 6.61 Å². The average molecular weight is 146 g/mol. The van der Waals surface area contributed by atoms with Crippen molar-refractivity contribution in [1.29, 1.82) is 0 Å². The summed E-state index contributed by atoms with van der Waals surface area (Å²) >= 11 is 0. The lowest BCUT2D eigenvalue weighted by Gasteiger charge is -2.25. The first-order chi connectivity index (χ1) is 4.84. The quantitative estimate of drug-likeness (QED) is 0.473. The summed E-state index contributed by atoms with van der Waals surface area (Å²) in [6, 6.07) is 0. The predicted octanol–water partition coefficient (Wildman–Crippen LogP) is 1.43. The van der Waals surface area contributed by atoms with E-state index >= 15 is 0 Å². The van der Waals surface area contributed by atoms with Crippen LogP contribution in [0.25, 0.3) is 0 Å². The van der Waals surface area contributed by atoms with E-state index in [1.165, 1.54) is 6.42 Å². The molecule has 0 aromatic heterocycles. The Morgan fingerprint density at radius 3 is 2.90 bits per heavy atom. The summed E-state index contributed by atoms with van der Waals surface area (Å²) < 4.78 is 5.35. The molecular formula is C7H14O3. The Morgan fingerprint density at radius 1 is 1.60 bits per heavy atom. The normalized spacial score (nSPS) is 30.0. The third kappa shape index (κ3) is 1.94. The Hall–Kier alpha value is -0.120. The predicted molar refractivity (Wildman–Crippen MR) is 36.8 cm³/mol. The van der Waals surface area contributed by atoms with Gasteiger partial charge in [-0.3, -0.25) is 5.26 Å². The minimum absolute atomic E-state index is 0.0961. The maximum Gasteiger partial charge on any atom is 0.116 e. The topological polar surface area (TPSA) is 38.7 Å². The molecule has 0 amide bonds. The Morgan fingerprint density at radius 2 is 2.40 bits per heavy atom. The van der Waals surface area contributed by atoms with Gasteiger partial charge in [-0.15, -0.1) is 0 Å². The monoisotopic (exact) mass is 146 g/mol. The fraction of sp³-hybridized carbons (Fsp3) is 1.00. The maximum absolute atomic E-state index is 8.31. The molecule has 1 saturated heterocycles. The number of hydrogen-bond donors (Lipinski definition) is 1. The van der Waals surface area contributed by atoms with Crippen LogP contribution >= 0.6 is 0 Å². The van der Waals surface area contributed by atoms with Crippen molar-refractivity contribution in [2.24, 2.45) is 0 Å². The molecule has 1 fully saturated rings. The van der Waals surface area contributed by atoms with E-state index in [0.717, 1.165) is 19.4 Å². The van der Waals surface area contributed by atoms with Gasteiger partial charge in [0.1, 0.15) is 6.10 Å². The van der Waals surface area contributed by atoms with Crippen LogP contribution in [0.1, 0.15) is 26.2 Å². The second kappa shape index (κ2) is 3.91. The molecular weight excluding hydrogens is 132 g/mol. The number of hydrogen-bond acceptors (Lipinski definition) is 3. The molecule has 0 bridgehead atoms. The van der Waals surface area contributed by atoms with E-state index in [-0.39, 0.29) is 12.2 Å². The Balaban J connectivity index is 2.24.